The summed E-state index contributed by atoms with van der Waals surface area (Å²) in [6.07, 6.45) is 8.61. The zero-order chi connectivity index (χ0) is 24.2. The molecule has 1 aliphatic heterocycles. The van der Waals surface area contributed by atoms with Gasteiger partial charge in [0.05, 0.1) is 6.42 Å². The van der Waals surface area contributed by atoms with Crippen LogP contribution in [0.5, 0.6) is 0 Å². The summed E-state index contributed by atoms with van der Waals surface area (Å²) in [6.45, 7) is 8.33. The first-order valence-corrected chi connectivity index (χ1v) is 12.9. The summed E-state index contributed by atoms with van der Waals surface area (Å²) in [7, 11) is 2.19. The molecule has 0 aromatic carbocycles. The van der Waals surface area contributed by atoms with Gasteiger partial charge in [-0.05, 0) is 45.3 Å². The van der Waals surface area contributed by atoms with Crippen molar-refractivity contribution in [2.45, 2.75) is 57.9 Å². The molecule has 1 saturated carbocycles. The van der Waals surface area contributed by atoms with Crippen LogP contribution in [0.25, 0.3) is 11.0 Å². The first-order chi connectivity index (χ1) is 17.1. The molecule has 1 N–H and O–H groups in total. The van der Waals surface area contributed by atoms with Gasteiger partial charge in [0.1, 0.15) is 5.65 Å². The Labute approximate surface area is 205 Å². The van der Waals surface area contributed by atoms with Crippen LogP contribution in [0.3, 0.4) is 0 Å². The van der Waals surface area contributed by atoms with E-state index in [-0.39, 0.29) is 11.6 Å². The van der Waals surface area contributed by atoms with Crippen molar-refractivity contribution in [3.05, 3.63) is 40.0 Å². The fraction of sp³-hybridized carbons (Fsp3) is 0.640. The van der Waals surface area contributed by atoms with Crippen LogP contribution < -0.4 is 10.9 Å². The molecule has 0 amide bonds. The van der Waals surface area contributed by atoms with Gasteiger partial charge in [-0.1, -0.05) is 12.8 Å². The molecule has 2 aliphatic rings. The largest absolute Gasteiger partial charge is 0.425 e. The van der Waals surface area contributed by atoms with E-state index in [0.29, 0.717) is 35.4 Å². The lowest BCUT2D eigenvalue weighted by Gasteiger charge is -2.32. The van der Waals surface area contributed by atoms with E-state index in [2.05, 4.69) is 37.3 Å². The van der Waals surface area contributed by atoms with E-state index in [1.165, 1.54) is 0 Å². The summed E-state index contributed by atoms with van der Waals surface area (Å²) in [5, 5.41) is 12.2. The number of fused-ring (bicyclic) bond motifs is 1. The topological polar surface area (TPSA) is 105 Å². The Balaban J connectivity index is 1.29. The van der Waals surface area contributed by atoms with Crippen LogP contribution in [0.1, 0.15) is 61.9 Å². The van der Waals surface area contributed by atoms with Gasteiger partial charge >= 0.3 is 0 Å². The van der Waals surface area contributed by atoms with E-state index in [1.54, 1.807) is 6.92 Å². The third-order valence-corrected chi connectivity index (χ3v) is 7.23. The summed E-state index contributed by atoms with van der Waals surface area (Å²) in [4.78, 5) is 27.8. The number of anilines is 1. The summed E-state index contributed by atoms with van der Waals surface area (Å²) in [5.41, 5.74) is 1.33. The summed E-state index contributed by atoms with van der Waals surface area (Å²) in [6, 6.07) is 2.04. The predicted molar refractivity (Wildman–Crippen MR) is 135 cm³/mol. The fourth-order valence-electron chi connectivity index (χ4n) is 5.19. The molecular weight excluding hydrogens is 444 g/mol. The molecule has 1 saturated heterocycles. The van der Waals surface area contributed by atoms with Crippen LogP contribution in [0.2, 0.25) is 0 Å². The minimum absolute atomic E-state index is 0.0166. The molecule has 4 heterocycles. The average molecular weight is 481 g/mol. The van der Waals surface area contributed by atoms with Crippen LogP contribution in [-0.2, 0) is 6.42 Å². The fourth-order valence-corrected chi connectivity index (χ4v) is 5.19. The molecule has 5 rings (SSSR count). The van der Waals surface area contributed by atoms with E-state index in [9.17, 15) is 4.79 Å². The Hall–Kier alpha value is -2.85. The molecule has 0 bridgehead atoms. The zero-order valence-corrected chi connectivity index (χ0v) is 20.9. The van der Waals surface area contributed by atoms with Gasteiger partial charge in [0.2, 0.25) is 17.7 Å². The Morgan fingerprint density at radius 3 is 2.66 bits per heavy atom. The number of likely N-dealkylation sites (N-methyl/N-ethyl adjacent to an activating group) is 1. The van der Waals surface area contributed by atoms with E-state index in [0.717, 1.165) is 83.2 Å². The van der Waals surface area contributed by atoms with Crippen molar-refractivity contribution >= 4 is 17.0 Å². The second-order valence-electron chi connectivity index (χ2n) is 9.93. The molecule has 0 spiro atoms. The second kappa shape index (κ2) is 10.8. The molecule has 35 heavy (non-hydrogen) atoms. The quantitative estimate of drug-likeness (QED) is 0.463. The maximum atomic E-state index is 13.5. The SMILES string of the molecule is Cc1nnc(Cc2cc3cnc(NCCCCN4CCN(C)CC4)nc3n(C3CCCC3)c2=O)o1. The number of rotatable bonds is 9. The Morgan fingerprint density at radius 2 is 1.91 bits per heavy atom. The van der Waals surface area contributed by atoms with Gasteiger partial charge < -0.3 is 19.5 Å². The van der Waals surface area contributed by atoms with Crippen molar-refractivity contribution in [2.24, 2.45) is 0 Å². The highest BCUT2D eigenvalue weighted by Gasteiger charge is 2.23. The van der Waals surface area contributed by atoms with E-state index in [4.69, 9.17) is 9.40 Å². The molecule has 1 aliphatic carbocycles. The van der Waals surface area contributed by atoms with E-state index >= 15 is 0 Å². The number of aromatic nitrogens is 5. The average Bonchev–Trinajstić information content (AvgIpc) is 3.53. The van der Waals surface area contributed by atoms with Crippen molar-refractivity contribution in [3.63, 3.8) is 0 Å². The monoisotopic (exact) mass is 480 g/mol. The number of nitrogens with zero attached hydrogens (tertiary/aromatic N) is 7. The number of aryl methyl sites for hydroxylation is 1. The predicted octanol–water partition coefficient (Wildman–Crippen LogP) is 2.63. The number of unbranched alkanes of at least 4 members (excludes halogenated alkanes) is 1. The third-order valence-electron chi connectivity index (χ3n) is 7.23. The van der Waals surface area contributed by atoms with Crippen molar-refractivity contribution < 1.29 is 4.42 Å². The van der Waals surface area contributed by atoms with Crippen LogP contribution in [0.4, 0.5) is 5.95 Å². The Morgan fingerprint density at radius 1 is 1.11 bits per heavy atom. The molecule has 188 valence electrons. The van der Waals surface area contributed by atoms with Crippen LogP contribution in [0, 0.1) is 6.92 Å². The Bertz CT molecular complexity index is 1190. The third kappa shape index (κ3) is 5.70. The zero-order valence-electron chi connectivity index (χ0n) is 20.9. The van der Waals surface area contributed by atoms with Gasteiger partial charge in [-0.3, -0.25) is 9.36 Å². The number of hydrogen-bond acceptors (Lipinski definition) is 9. The minimum atomic E-state index is -0.0166. The van der Waals surface area contributed by atoms with E-state index in [1.807, 2.05) is 16.8 Å². The van der Waals surface area contributed by atoms with Gasteiger partial charge in [0, 0.05) is 62.8 Å². The van der Waals surface area contributed by atoms with Crippen LogP contribution in [-0.4, -0.2) is 80.8 Å². The van der Waals surface area contributed by atoms with Crippen molar-refractivity contribution in [2.75, 3.05) is 51.6 Å². The van der Waals surface area contributed by atoms with Gasteiger partial charge in [-0.2, -0.15) is 4.98 Å². The molecule has 0 radical (unpaired) electrons. The molecule has 10 heteroatoms. The lowest BCUT2D eigenvalue weighted by Crippen LogP contribution is -2.44. The van der Waals surface area contributed by atoms with Crippen molar-refractivity contribution in [1.82, 2.24) is 34.5 Å². The van der Waals surface area contributed by atoms with Gasteiger partial charge in [0.15, 0.2) is 0 Å². The van der Waals surface area contributed by atoms with Gasteiger partial charge in [0.25, 0.3) is 5.56 Å². The lowest BCUT2D eigenvalue weighted by atomic mass is 10.1. The number of pyridine rings is 1. The molecule has 10 nitrogen and oxygen atoms in total. The van der Waals surface area contributed by atoms with Crippen LogP contribution in [0.15, 0.2) is 21.5 Å². The maximum Gasteiger partial charge on any atom is 0.256 e. The molecular formula is C25H36N8O2. The summed E-state index contributed by atoms with van der Waals surface area (Å²) in [5.74, 6) is 1.54. The first-order valence-electron chi connectivity index (χ1n) is 12.9. The second-order valence-corrected chi connectivity index (χ2v) is 9.93. The molecule has 2 fully saturated rings. The number of hydrogen-bond donors (Lipinski definition) is 1. The summed E-state index contributed by atoms with van der Waals surface area (Å²) >= 11 is 0. The van der Waals surface area contributed by atoms with Crippen molar-refractivity contribution in [3.8, 4) is 0 Å². The number of nitrogens with one attached hydrogen (secondary N) is 1. The standard InChI is InChI=1S/C25H36N8O2/c1-18-29-30-22(35-18)16-19-15-20-17-27-25(26-9-5-6-10-32-13-11-31(2)12-14-32)28-23(20)33(24(19)34)21-7-3-4-8-21/h15,17,21H,3-14,16H2,1-2H3,(H,26,27,28). The summed E-state index contributed by atoms with van der Waals surface area (Å²) < 4.78 is 7.42. The molecule has 0 atom stereocenters. The van der Waals surface area contributed by atoms with Gasteiger partial charge in [-0.15, -0.1) is 10.2 Å². The molecule has 0 unspecified atom stereocenters. The highest BCUT2D eigenvalue weighted by Crippen LogP contribution is 2.31. The van der Waals surface area contributed by atoms with E-state index < -0.39 is 0 Å². The smallest absolute Gasteiger partial charge is 0.256 e. The van der Waals surface area contributed by atoms with Gasteiger partial charge in [-0.25, -0.2) is 4.98 Å². The first kappa shape index (κ1) is 23.9. The number of piperazine rings is 1. The molecule has 3 aromatic heterocycles. The highest BCUT2D eigenvalue weighted by molar-refractivity contribution is 5.76. The lowest BCUT2D eigenvalue weighted by molar-refractivity contribution is 0.152. The molecule has 3 aromatic rings. The normalized spacial score (nSPS) is 18.0. The minimum Gasteiger partial charge on any atom is -0.425 e. The highest BCUT2D eigenvalue weighted by atomic mass is 16.4. The van der Waals surface area contributed by atoms with Crippen LogP contribution >= 0.6 is 0 Å². The maximum absolute atomic E-state index is 13.5. The Kier molecular flexibility index (Phi) is 7.38. The van der Waals surface area contributed by atoms with Crippen molar-refractivity contribution in [1.29, 1.82) is 0 Å².